The zero-order chi connectivity index (χ0) is 18.2. The van der Waals surface area contributed by atoms with Crippen molar-refractivity contribution in [2.24, 2.45) is 0 Å². The number of aryl methyl sites for hydroxylation is 1. The first-order chi connectivity index (χ1) is 12.0. The van der Waals surface area contributed by atoms with E-state index in [2.05, 4.69) is 46.3 Å². The molecule has 1 saturated heterocycles. The molecule has 0 radical (unpaired) electrons. The zero-order valence-electron chi connectivity index (χ0n) is 15.6. The molecular formula is C19H30N4O2. The molecule has 1 aromatic rings. The fourth-order valence-corrected chi connectivity index (χ4v) is 2.97. The normalized spacial score (nSPS) is 14.7. The topological polar surface area (TPSA) is 55.9 Å². The molecule has 25 heavy (non-hydrogen) atoms. The van der Waals surface area contributed by atoms with E-state index in [9.17, 15) is 9.59 Å². The average Bonchev–Trinajstić information content (AvgIpc) is 2.58. The fraction of sp³-hybridized carbons (Fsp3) is 0.579. The summed E-state index contributed by atoms with van der Waals surface area (Å²) in [6.07, 6.45) is 0.842. The highest BCUT2D eigenvalue weighted by atomic mass is 16.2. The number of nitrogens with one attached hydrogen (secondary N) is 1. The van der Waals surface area contributed by atoms with Gasteiger partial charge in [0.2, 0.25) is 11.8 Å². The van der Waals surface area contributed by atoms with Crippen molar-refractivity contribution in [3.05, 3.63) is 29.8 Å². The van der Waals surface area contributed by atoms with E-state index >= 15 is 0 Å². The van der Waals surface area contributed by atoms with Crippen molar-refractivity contribution >= 4 is 17.5 Å². The Morgan fingerprint density at radius 1 is 1.16 bits per heavy atom. The number of carbonyl (C=O) groups is 2. The van der Waals surface area contributed by atoms with Crippen LogP contribution in [0.5, 0.6) is 0 Å². The molecule has 0 bridgehead atoms. The molecule has 1 N–H and O–H groups in total. The molecule has 0 aromatic heterocycles. The van der Waals surface area contributed by atoms with Gasteiger partial charge in [0.05, 0.1) is 0 Å². The number of anilines is 1. The van der Waals surface area contributed by atoms with E-state index < -0.39 is 0 Å². The van der Waals surface area contributed by atoms with Crippen LogP contribution in [0, 0.1) is 6.92 Å². The SMILES string of the molecule is Cc1cccc(N2CCN(C(=O)CC(=O)NCCCN(C)C)CC2)c1. The third-order valence-corrected chi connectivity index (χ3v) is 4.42. The zero-order valence-corrected chi connectivity index (χ0v) is 15.6. The van der Waals surface area contributed by atoms with Crippen LogP contribution in [0.25, 0.3) is 0 Å². The van der Waals surface area contributed by atoms with Crippen LogP contribution < -0.4 is 10.2 Å². The first kappa shape index (κ1) is 19.2. The van der Waals surface area contributed by atoms with Crippen LogP contribution in [0.3, 0.4) is 0 Å². The third kappa shape index (κ3) is 6.38. The maximum Gasteiger partial charge on any atom is 0.232 e. The summed E-state index contributed by atoms with van der Waals surface area (Å²) < 4.78 is 0. The molecule has 138 valence electrons. The summed E-state index contributed by atoms with van der Waals surface area (Å²) in [5.41, 5.74) is 2.44. The van der Waals surface area contributed by atoms with Crippen molar-refractivity contribution in [1.82, 2.24) is 15.1 Å². The standard InChI is InChI=1S/C19H30N4O2/c1-16-6-4-7-17(14-16)22-10-12-23(13-11-22)19(25)15-18(24)20-8-5-9-21(2)3/h4,6-7,14H,5,8-13,15H2,1-3H3,(H,20,24). The monoisotopic (exact) mass is 346 g/mol. The summed E-state index contributed by atoms with van der Waals surface area (Å²) >= 11 is 0. The van der Waals surface area contributed by atoms with E-state index in [1.54, 1.807) is 4.90 Å². The number of hydrogen-bond acceptors (Lipinski definition) is 4. The summed E-state index contributed by atoms with van der Waals surface area (Å²) in [6, 6.07) is 8.41. The minimum absolute atomic E-state index is 0.0492. The van der Waals surface area contributed by atoms with Crippen molar-refractivity contribution in [2.75, 3.05) is 58.3 Å². The lowest BCUT2D eigenvalue weighted by Crippen LogP contribution is -2.49. The number of piperazine rings is 1. The van der Waals surface area contributed by atoms with Crippen molar-refractivity contribution in [2.45, 2.75) is 19.8 Å². The highest BCUT2D eigenvalue weighted by Gasteiger charge is 2.22. The van der Waals surface area contributed by atoms with Crippen LogP contribution in [0.15, 0.2) is 24.3 Å². The van der Waals surface area contributed by atoms with Gasteiger partial charge in [-0.3, -0.25) is 9.59 Å². The quantitative estimate of drug-likeness (QED) is 0.593. The minimum atomic E-state index is -0.176. The van der Waals surface area contributed by atoms with E-state index in [0.717, 1.165) is 26.1 Å². The molecule has 6 nitrogen and oxygen atoms in total. The molecule has 0 aliphatic carbocycles. The molecule has 0 saturated carbocycles. The second kappa shape index (κ2) is 9.42. The molecule has 2 amide bonds. The van der Waals surface area contributed by atoms with Gasteiger partial charge in [-0.2, -0.15) is 0 Å². The largest absolute Gasteiger partial charge is 0.368 e. The van der Waals surface area contributed by atoms with Crippen LogP contribution in [-0.2, 0) is 9.59 Å². The molecular weight excluding hydrogens is 316 g/mol. The maximum atomic E-state index is 12.3. The first-order valence-corrected chi connectivity index (χ1v) is 8.96. The Balaban J connectivity index is 1.71. The second-order valence-corrected chi connectivity index (χ2v) is 6.89. The molecule has 1 heterocycles. The van der Waals surface area contributed by atoms with E-state index in [0.29, 0.717) is 19.6 Å². The number of hydrogen-bond donors (Lipinski definition) is 1. The number of carbonyl (C=O) groups excluding carboxylic acids is 2. The van der Waals surface area contributed by atoms with E-state index in [-0.39, 0.29) is 18.2 Å². The summed E-state index contributed by atoms with van der Waals surface area (Å²) in [5, 5.41) is 2.83. The van der Waals surface area contributed by atoms with Crippen molar-refractivity contribution in [3.63, 3.8) is 0 Å². The lowest BCUT2D eigenvalue weighted by Gasteiger charge is -2.36. The molecule has 1 fully saturated rings. The Hall–Kier alpha value is -2.08. The Morgan fingerprint density at radius 3 is 2.52 bits per heavy atom. The van der Waals surface area contributed by atoms with Gasteiger partial charge < -0.3 is 20.0 Å². The number of amides is 2. The Labute approximate surface area is 150 Å². The van der Waals surface area contributed by atoms with Crippen LogP contribution in [0.4, 0.5) is 5.69 Å². The van der Waals surface area contributed by atoms with Gasteiger partial charge in [0.1, 0.15) is 6.42 Å². The summed E-state index contributed by atoms with van der Waals surface area (Å²) in [6.45, 7) is 6.57. The van der Waals surface area contributed by atoms with Gasteiger partial charge in [0.15, 0.2) is 0 Å². The Bertz CT molecular complexity index is 581. The highest BCUT2D eigenvalue weighted by Crippen LogP contribution is 2.18. The predicted molar refractivity (Wildman–Crippen MR) is 101 cm³/mol. The average molecular weight is 346 g/mol. The van der Waals surface area contributed by atoms with Crippen molar-refractivity contribution in [1.29, 1.82) is 0 Å². The number of benzene rings is 1. The predicted octanol–water partition coefficient (Wildman–Crippen LogP) is 1.10. The Morgan fingerprint density at radius 2 is 1.88 bits per heavy atom. The van der Waals surface area contributed by atoms with E-state index in [1.807, 2.05) is 14.1 Å². The molecule has 0 unspecified atom stereocenters. The van der Waals surface area contributed by atoms with Gasteiger partial charge >= 0.3 is 0 Å². The summed E-state index contributed by atoms with van der Waals surface area (Å²) in [5.74, 6) is -0.251. The molecule has 2 rings (SSSR count). The van der Waals surface area contributed by atoms with E-state index in [4.69, 9.17) is 0 Å². The lowest BCUT2D eigenvalue weighted by atomic mass is 10.2. The molecule has 1 aromatic carbocycles. The van der Waals surface area contributed by atoms with Crippen LogP contribution >= 0.6 is 0 Å². The van der Waals surface area contributed by atoms with Gasteiger partial charge in [0, 0.05) is 38.4 Å². The van der Waals surface area contributed by atoms with Crippen LogP contribution in [0.1, 0.15) is 18.4 Å². The first-order valence-electron chi connectivity index (χ1n) is 8.96. The molecule has 0 spiro atoms. The summed E-state index contributed by atoms with van der Waals surface area (Å²) in [7, 11) is 4.00. The Kier molecular flexibility index (Phi) is 7.25. The smallest absolute Gasteiger partial charge is 0.232 e. The molecule has 0 atom stereocenters. The fourth-order valence-electron chi connectivity index (χ4n) is 2.97. The van der Waals surface area contributed by atoms with E-state index in [1.165, 1.54) is 11.3 Å². The number of rotatable bonds is 7. The summed E-state index contributed by atoms with van der Waals surface area (Å²) in [4.78, 5) is 30.3. The lowest BCUT2D eigenvalue weighted by molar-refractivity contribution is -0.136. The van der Waals surface area contributed by atoms with Crippen molar-refractivity contribution in [3.8, 4) is 0 Å². The van der Waals surface area contributed by atoms with Crippen LogP contribution in [-0.4, -0.2) is 75.0 Å². The minimum Gasteiger partial charge on any atom is -0.368 e. The highest BCUT2D eigenvalue weighted by molar-refractivity contribution is 5.96. The third-order valence-electron chi connectivity index (χ3n) is 4.42. The van der Waals surface area contributed by atoms with Gasteiger partial charge in [-0.1, -0.05) is 12.1 Å². The molecule has 1 aliphatic rings. The molecule has 6 heteroatoms. The van der Waals surface area contributed by atoms with Gasteiger partial charge in [-0.05, 0) is 51.7 Å². The van der Waals surface area contributed by atoms with Gasteiger partial charge in [-0.15, -0.1) is 0 Å². The maximum absolute atomic E-state index is 12.3. The van der Waals surface area contributed by atoms with Gasteiger partial charge in [-0.25, -0.2) is 0 Å². The van der Waals surface area contributed by atoms with Crippen LogP contribution in [0.2, 0.25) is 0 Å². The second-order valence-electron chi connectivity index (χ2n) is 6.89. The van der Waals surface area contributed by atoms with Crippen molar-refractivity contribution < 1.29 is 9.59 Å². The molecule has 1 aliphatic heterocycles. The number of nitrogens with zero attached hydrogens (tertiary/aromatic N) is 3. The van der Waals surface area contributed by atoms with Gasteiger partial charge in [0.25, 0.3) is 0 Å².